The fourth-order valence-corrected chi connectivity index (χ4v) is 4.15. The number of carbonyl (C=O) groups excluding carboxylic acids is 2. The van der Waals surface area contributed by atoms with Crippen LogP contribution in [-0.2, 0) is 17.8 Å². The summed E-state index contributed by atoms with van der Waals surface area (Å²) in [6.07, 6.45) is 2.45. The van der Waals surface area contributed by atoms with Crippen molar-refractivity contribution in [2.75, 3.05) is 31.5 Å². The maximum Gasteiger partial charge on any atom is 0.219 e. The topological polar surface area (TPSA) is 98.7 Å². The molecule has 0 saturated carbocycles. The van der Waals surface area contributed by atoms with Gasteiger partial charge in [0.2, 0.25) is 5.91 Å². The van der Waals surface area contributed by atoms with Gasteiger partial charge < -0.3 is 15.3 Å². The number of Topliss-reactive ketones (excluding diaryl/α,β-unsaturated/α-hetero) is 1. The normalized spacial score (nSPS) is 17.5. The molecule has 8 nitrogen and oxygen atoms in total. The second kappa shape index (κ2) is 9.53. The second-order valence-corrected chi connectivity index (χ2v) is 8.42. The van der Waals surface area contributed by atoms with Crippen LogP contribution in [0, 0.1) is 0 Å². The van der Waals surface area contributed by atoms with Crippen LogP contribution in [0.1, 0.15) is 41.4 Å². The van der Waals surface area contributed by atoms with E-state index in [1.807, 2.05) is 6.07 Å². The maximum atomic E-state index is 12.6. The van der Waals surface area contributed by atoms with Crippen LogP contribution in [0.15, 0.2) is 36.7 Å². The highest BCUT2D eigenvalue weighted by Gasteiger charge is 2.28. The van der Waals surface area contributed by atoms with Crippen LogP contribution in [0.4, 0.5) is 5.82 Å². The predicted octanol–water partition coefficient (Wildman–Crippen LogP) is 1.50. The third kappa shape index (κ3) is 5.45. The van der Waals surface area contributed by atoms with Crippen LogP contribution in [0.2, 0.25) is 0 Å². The van der Waals surface area contributed by atoms with Crippen molar-refractivity contribution >= 4 is 17.5 Å². The minimum atomic E-state index is -0.554. The van der Waals surface area contributed by atoms with Gasteiger partial charge in [-0.1, -0.05) is 24.3 Å². The van der Waals surface area contributed by atoms with Crippen molar-refractivity contribution in [1.29, 1.82) is 0 Å². The SMILES string of the molecule is CC(=O)N1CC(Nc2cc(C(=O)CC[C@@H](O)CN3CCc4ccccc4C3)ncn2)C1. The first kappa shape index (κ1) is 21.4. The monoisotopic (exact) mass is 423 g/mol. The quantitative estimate of drug-likeness (QED) is 0.621. The number of aromatic nitrogens is 2. The molecule has 1 aromatic heterocycles. The Hall–Kier alpha value is -2.84. The van der Waals surface area contributed by atoms with Crippen molar-refractivity contribution in [3.63, 3.8) is 0 Å². The minimum absolute atomic E-state index is 0.0592. The van der Waals surface area contributed by atoms with Gasteiger partial charge in [0.05, 0.1) is 12.1 Å². The van der Waals surface area contributed by atoms with Crippen LogP contribution in [0.5, 0.6) is 0 Å². The number of fused-ring (bicyclic) bond motifs is 1. The summed E-state index contributed by atoms with van der Waals surface area (Å²) in [5.74, 6) is 0.537. The number of likely N-dealkylation sites (tertiary alicyclic amines) is 1. The number of nitrogens with zero attached hydrogens (tertiary/aromatic N) is 4. The molecule has 0 unspecified atom stereocenters. The van der Waals surface area contributed by atoms with E-state index in [2.05, 4.69) is 38.4 Å². The minimum Gasteiger partial charge on any atom is -0.392 e. The number of carbonyl (C=O) groups is 2. The largest absolute Gasteiger partial charge is 0.392 e. The van der Waals surface area contributed by atoms with E-state index < -0.39 is 6.10 Å². The molecule has 0 spiro atoms. The van der Waals surface area contributed by atoms with E-state index in [4.69, 9.17) is 0 Å². The Morgan fingerprint density at radius 2 is 2.00 bits per heavy atom. The lowest BCUT2D eigenvalue weighted by Crippen LogP contribution is -2.56. The number of aliphatic hydroxyl groups excluding tert-OH is 1. The molecule has 1 saturated heterocycles. The van der Waals surface area contributed by atoms with Gasteiger partial charge in [0.15, 0.2) is 5.78 Å². The van der Waals surface area contributed by atoms with Gasteiger partial charge in [-0.3, -0.25) is 14.5 Å². The van der Waals surface area contributed by atoms with Crippen molar-refractivity contribution in [3.05, 3.63) is 53.5 Å². The highest BCUT2D eigenvalue weighted by molar-refractivity contribution is 5.94. The highest BCUT2D eigenvalue weighted by atomic mass is 16.3. The van der Waals surface area contributed by atoms with Crippen LogP contribution < -0.4 is 5.32 Å². The van der Waals surface area contributed by atoms with E-state index in [0.717, 1.165) is 19.5 Å². The molecule has 1 aromatic carbocycles. The molecular formula is C23H29N5O3. The lowest BCUT2D eigenvalue weighted by molar-refractivity contribution is -0.132. The summed E-state index contributed by atoms with van der Waals surface area (Å²) in [5, 5.41) is 13.7. The number of nitrogens with one attached hydrogen (secondary N) is 1. The summed E-state index contributed by atoms with van der Waals surface area (Å²) in [6, 6.07) is 10.2. The molecule has 3 heterocycles. The Morgan fingerprint density at radius 1 is 1.23 bits per heavy atom. The van der Waals surface area contributed by atoms with Crippen molar-refractivity contribution in [3.8, 4) is 0 Å². The van der Waals surface area contributed by atoms with Crippen LogP contribution >= 0.6 is 0 Å². The number of amides is 1. The standard InChI is InChI=1S/C23H29N5O3/c1-16(29)28-12-19(13-28)26-23-10-21(24-15-25-23)22(31)7-6-20(30)14-27-9-8-17-4-2-3-5-18(17)11-27/h2-5,10,15,19-20,30H,6-9,11-14H2,1H3,(H,24,25,26)/t20-/m1/s1. The van der Waals surface area contributed by atoms with Crippen LogP contribution in [0.25, 0.3) is 0 Å². The third-order valence-electron chi connectivity index (χ3n) is 6.01. The molecule has 2 N–H and O–H groups in total. The summed E-state index contributed by atoms with van der Waals surface area (Å²) in [5.41, 5.74) is 3.04. The summed E-state index contributed by atoms with van der Waals surface area (Å²) >= 11 is 0. The molecule has 31 heavy (non-hydrogen) atoms. The molecule has 1 amide bonds. The Balaban J connectivity index is 1.23. The van der Waals surface area contributed by atoms with E-state index in [1.165, 1.54) is 17.5 Å². The molecule has 8 heteroatoms. The van der Waals surface area contributed by atoms with Crippen molar-refractivity contribution in [2.45, 2.75) is 44.9 Å². The van der Waals surface area contributed by atoms with Crippen molar-refractivity contribution in [2.24, 2.45) is 0 Å². The van der Waals surface area contributed by atoms with Gasteiger partial charge in [-0.05, 0) is 24.0 Å². The number of ketones is 1. The molecule has 0 bridgehead atoms. The number of anilines is 1. The highest BCUT2D eigenvalue weighted by Crippen LogP contribution is 2.19. The molecule has 164 valence electrons. The molecular weight excluding hydrogens is 394 g/mol. The zero-order valence-electron chi connectivity index (χ0n) is 17.8. The fraction of sp³-hybridized carbons (Fsp3) is 0.478. The van der Waals surface area contributed by atoms with Gasteiger partial charge >= 0.3 is 0 Å². The van der Waals surface area contributed by atoms with E-state index in [1.54, 1.807) is 17.9 Å². The Kier molecular flexibility index (Phi) is 6.58. The van der Waals surface area contributed by atoms with Gasteiger partial charge in [-0.15, -0.1) is 0 Å². The maximum absolute atomic E-state index is 12.6. The number of hydrogen-bond donors (Lipinski definition) is 2. The average Bonchev–Trinajstić information content (AvgIpc) is 2.74. The fourth-order valence-electron chi connectivity index (χ4n) is 4.15. The molecule has 2 aliphatic heterocycles. The van der Waals surface area contributed by atoms with Gasteiger partial charge in [0, 0.05) is 52.1 Å². The first-order valence-electron chi connectivity index (χ1n) is 10.8. The van der Waals surface area contributed by atoms with E-state index in [-0.39, 0.29) is 24.2 Å². The molecule has 2 aromatic rings. The number of benzene rings is 1. The van der Waals surface area contributed by atoms with E-state index in [9.17, 15) is 14.7 Å². The van der Waals surface area contributed by atoms with Gasteiger partial charge in [-0.25, -0.2) is 9.97 Å². The summed E-state index contributed by atoms with van der Waals surface area (Å²) in [4.78, 5) is 36.1. The Bertz CT molecular complexity index is 944. The zero-order chi connectivity index (χ0) is 21.8. The van der Waals surface area contributed by atoms with Crippen LogP contribution in [-0.4, -0.2) is 74.9 Å². The van der Waals surface area contributed by atoms with Crippen LogP contribution in [0.3, 0.4) is 0 Å². The summed E-state index contributed by atoms with van der Waals surface area (Å²) in [7, 11) is 0. The second-order valence-electron chi connectivity index (χ2n) is 8.42. The Morgan fingerprint density at radius 3 is 2.77 bits per heavy atom. The number of β-amino-alcohol motifs (C(OH)–C–C–N with tert-alkyl or cyclic N) is 1. The molecule has 0 radical (unpaired) electrons. The molecule has 1 atom stereocenters. The average molecular weight is 424 g/mol. The number of aliphatic hydroxyl groups is 1. The summed E-state index contributed by atoms with van der Waals surface area (Å²) < 4.78 is 0. The van der Waals surface area contributed by atoms with Gasteiger partial charge in [-0.2, -0.15) is 0 Å². The lowest BCUT2D eigenvalue weighted by atomic mass is 9.99. The van der Waals surface area contributed by atoms with E-state index in [0.29, 0.717) is 37.6 Å². The molecule has 1 fully saturated rings. The van der Waals surface area contributed by atoms with Gasteiger partial charge in [0.1, 0.15) is 17.8 Å². The van der Waals surface area contributed by atoms with Gasteiger partial charge in [0.25, 0.3) is 0 Å². The molecule has 4 rings (SSSR count). The number of rotatable bonds is 8. The lowest BCUT2D eigenvalue weighted by Gasteiger charge is -2.39. The predicted molar refractivity (Wildman–Crippen MR) is 117 cm³/mol. The van der Waals surface area contributed by atoms with Crippen molar-refractivity contribution in [1.82, 2.24) is 19.8 Å². The van der Waals surface area contributed by atoms with E-state index >= 15 is 0 Å². The van der Waals surface area contributed by atoms with Crippen molar-refractivity contribution < 1.29 is 14.7 Å². The first-order valence-corrected chi connectivity index (χ1v) is 10.8. The number of hydrogen-bond acceptors (Lipinski definition) is 7. The third-order valence-corrected chi connectivity index (χ3v) is 6.01. The Labute approximate surface area is 182 Å². The molecule has 2 aliphatic rings. The smallest absolute Gasteiger partial charge is 0.219 e. The first-order chi connectivity index (χ1) is 15.0. The zero-order valence-corrected chi connectivity index (χ0v) is 17.8. The molecule has 0 aliphatic carbocycles. The summed E-state index contributed by atoms with van der Waals surface area (Å²) in [6.45, 7) is 5.14.